The zero-order valence-corrected chi connectivity index (χ0v) is 11.6. The van der Waals surface area contributed by atoms with Gasteiger partial charge in [0.25, 0.3) is 0 Å². The Hall–Kier alpha value is -1.04. The number of nitrogens with zero attached hydrogens (tertiary/aromatic N) is 3. The van der Waals surface area contributed by atoms with E-state index in [1.54, 1.807) is 0 Å². The van der Waals surface area contributed by atoms with E-state index in [-0.39, 0.29) is 5.82 Å². The van der Waals surface area contributed by atoms with Crippen molar-refractivity contribution in [3.63, 3.8) is 0 Å². The fourth-order valence-electron chi connectivity index (χ4n) is 1.92. The van der Waals surface area contributed by atoms with Gasteiger partial charge in [-0.15, -0.1) is 0 Å². The molecule has 0 saturated carbocycles. The largest absolute Gasteiger partial charge is 0.354 e. The maximum Gasteiger partial charge on any atom is 0.224 e. The predicted molar refractivity (Wildman–Crippen MR) is 74.9 cm³/mol. The lowest BCUT2D eigenvalue weighted by atomic mass is 10.3. The lowest BCUT2D eigenvalue weighted by Gasteiger charge is -2.34. The summed E-state index contributed by atoms with van der Waals surface area (Å²) in [5, 5.41) is 3.10. The Kier molecular flexibility index (Phi) is 4.63. The van der Waals surface area contributed by atoms with Gasteiger partial charge in [-0.25, -0.2) is 9.37 Å². The van der Waals surface area contributed by atoms with Crippen LogP contribution in [0.1, 0.15) is 20.3 Å². The SMILES string of the molecule is CCCNc1ncc(F)c(N2CCSCC2C)n1. The van der Waals surface area contributed by atoms with Crippen LogP contribution in [0, 0.1) is 5.82 Å². The molecule has 18 heavy (non-hydrogen) atoms. The quantitative estimate of drug-likeness (QED) is 0.909. The van der Waals surface area contributed by atoms with Crippen molar-refractivity contribution in [3.05, 3.63) is 12.0 Å². The fourth-order valence-corrected chi connectivity index (χ4v) is 2.94. The van der Waals surface area contributed by atoms with Crippen LogP contribution in [-0.4, -0.2) is 40.6 Å². The van der Waals surface area contributed by atoms with Gasteiger partial charge in [-0.05, 0) is 13.3 Å². The second kappa shape index (κ2) is 6.22. The molecule has 1 unspecified atom stereocenters. The summed E-state index contributed by atoms with van der Waals surface area (Å²) in [5.41, 5.74) is 0. The van der Waals surface area contributed by atoms with Crippen LogP contribution < -0.4 is 10.2 Å². The Bertz CT molecular complexity index is 402. The number of thioether (sulfide) groups is 1. The van der Waals surface area contributed by atoms with Crippen LogP contribution in [0.3, 0.4) is 0 Å². The van der Waals surface area contributed by atoms with Crippen LogP contribution in [0.5, 0.6) is 0 Å². The summed E-state index contributed by atoms with van der Waals surface area (Å²) in [6.07, 6.45) is 2.25. The van der Waals surface area contributed by atoms with Crippen LogP contribution in [0.4, 0.5) is 16.2 Å². The van der Waals surface area contributed by atoms with Crippen LogP contribution in [-0.2, 0) is 0 Å². The summed E-state index contributed by atoms with van der Waals surface area (Å²) in [5.74, 6) is 2.64. The van der Waals surface area contributed by atoms with Gasteiger partial charge in [-0.1, -0.05) is 6.92 Å². The monoisotopic (exact) mass is 270 g/mol. The Morgan fingerprint density at radius 1 is 1.61 bits per heavy atom. The Labute approximate surface area is 111 Å². The third-order valence-corrected chi connectivity index (χ3v) is 4.09. The van der Waals surface area contributed by atoms with Crippen molar-refractivity contribution >= 4 is 23.5 Å². The van der Waals surface area contributed by atoms with Gasteiger partial charge >= 0.3 is 0 Å². The van der Waals surface area contributed by atoms with Crippen molar-refractivity contribution in [2.24, 2.45) is 0 Å². The molecule has 4 nitrogen and oxygen atoms in total. The second-order valence-corrected chi connectivity index (χ2v) is 5.56. The Balaban J connectivity index is 2.19. The fraction of sp³-hybridized carbons (Fsp3) is 0.667. The molecule has 6 heteroatoms. The molecule has 2 rings (SSSR count). The van der Waals surface area contributed by atoms with Crippen LogP contribution in [0.25, 0.3) is 0 Å². The normalized spacial score (nSPS) is 19.9. The number of aromatic nitrogens is 2. The molecule has 1 N–H and O–H groups in total. The Morgan fingerprint density at radius 2 is 2.44 bits per heavy atom. The molecule has 0 aromatic carbocycles. The topological polar surface area (TPSA) is 41.1 Å². The van der Waals surface area contributed by atoms with E-state index < -0.39 is 0 Å². The highest BCUT2D eigenvalue weighted by molar-refractivity contribution is 7.99. The second-order valence-electron chi connectivity index (χ2n) is 4.41. The Morgan fingerprint density at radius 3 is 3.17 bits per heavy atom. The highest BCUT2D eigenvalue weighted by Gasteiger charge is 2.23. The lowest BCUT2D eigenvalue weighted by Crippen LogP contribution is -2.41. The molecule has 100 valence electrons. The van der Waals surface area contributed by atoms with E-state index in [4.69, 9.17) is 0 Å². The molecule has 0 bridgehead atoms. The first-order valence-electron chi connectivity index (χ1n) is 6.33. The minimum absolute atomic E-state index is 0.312. The standard InChI is InChI=1S/C12H19FN4S/c1-3-4-14-12-15-7-10(13)11(16-12)17-5-6-18-8-9(17)2/h7,9H,3-6,8H2,1-2H3,(H,14,15,16). The summed E-state index contributed by atoms with van der Waals surface area (Å²) in [4.78, 5) is 10.3. The summed E-state index contributed by atoms with van der Waals surface area (Å²) in [7, 11) is 0. The molecule has 0 amide bonds. The van der Waals surface area contributed by atoms with Gasteiger partial charge in [0.1, 0.15) is 0 Å². The molecule has 1 aromatic rings. The maximum absolute atomic E-state index is 13.8. The summed E-state index contributed by atoms with van der Waals surface area (Å²) in [6.45, 7) is 5.82. The van der Waals surface area contributed by atoms with Crippen LogP contribution in [0.15, 0.2) is 6.20 Å². The zero-order chi connectivity index (χ0) is 13.0. The van der Waals surface area contributed by atoms with Gasteiger partial charge in [-0.2, -0.15) is 16.7 Å². The maximum atomic E-state index is 13.8. The van der Waals surface area contributed by atoms with Gasteiger partial charge in [0.15, 0.2) is 11.6 Å². The average Bonchev–Trinajstić information content (AvgIpc) is 2.39. The first kappa shape index (κ1) is 13.4. The number of nitrogens with one attached hydrogen (secondary N) is 1. The molecular formula is C12H19FN4S. The first-order valence-corrected chi connectivity index (χ1v) is 7.48. The first-order chi connectivity index (χ1) is 8.72. The van der Waals surface area contributed by atoms with E-state index in [2.05, 4.69) is 29.1 Å². The molecule has 1 aliphatic rings. The number of hydrogen-bond donors (Lipinski definition) is 1. The van der Waals surface area contributed by atoms with E-state index in [1.807, 2.05) is 16.7 Å². The van der Waals surface area contributed by atoms with Gasteiger partial charge in [0.2, 0.25) is 5.95 Å². The van der Waals surface area contributed by atoms with E-state index in [0.29, 0.717) is 17.8 Å². The third kappa shape index (κ3) is 3.04. The van der Waals surface area contributed by atoms with Crippen molar-refractivity contribution in [1.29, 1.82) is 0 Å². The molecular weight excluding hydrogens is 251 g/mol. The molecule has 0 radical (unpaired) electrons. The molecule has 1 atom stereocenters. The average molecular weight is 270 g/mol. The summed E-state index contributed by atoms with van der Waals surface area (Å²) < 4.78 is 13.8. The van der Waals surface area contributed by atoms with Crippen molar-refractivity contribution < 1.29 is 4.39 Å². The van der Waals surface area contributed by atoms with E-state index in [9.17, 15) is 4.39 Å². The van der Waals surface area contributed by atoms with E-state index >= 15 is 0 Å². The van der Waals surface area contributed by atoms with Crippen molar-refractivity contribution in [1.82, 2.24) is 9.97 Å². The van der Waals surface area contributed by atoms with E-state index in [0.717, 1.165) is 31.0 Å². The minimum atomic E-state index is -0.337. The van der Waals surface area contributed by atoms with E-state index in [1.165, 1.54) is 6.20 Å². The minimum Gasteiger partial charge on any atom is -0.354 e. The third-order valence-electron chi connectivity index (χ3n) is 2.90. The smallest absolute Gasteiger partial charge is 0.224 e. The summed E-state index contributed by atoms with van der Waals surface area (Å²) in [6, 6.07) is 0.312. The van der Waals surface area contributed by atoms with Crippen LogP contribution >= 0.6 is 11.8 Å². The predicted octanol–water partition coefficient (Wildman–Crippen LogP) is 2.38. The highest BCUT2D eigenvalue weighted by Crippen LogP contribution is 2.25. The molecule has 1 aromatic heterocycles. The van der Waals surface area contributed by atoms with Gasteiger partial charge in [-0.3, -0.25) is 0 Å². The molecule has 1 aliphatic heterocycles. The van der Waals surface area contributed by atoms with Gasteiger partial charge < -0.3 is 10.2 Å². The summed E-state index contributed by atoms with van der Waals surface area (Å²) >= 11 is 1.90. The number of anilines is 2. The lowest BCUT2D eigenvalue weighted by molar-refractivity contribution is 0.588. The molecule has 1 saturated heterocycles. The van der Waals surface area contributed by atoms with Gasteiger partial charge in [0.05, 0.1) is 6.20 Å². The van der Waals surface area contributed by atoms with Crippen LogP contribution in [0.2, 0.25) is 0 Å². The van der Waals surface area contributed by atoms with Gasteiger partial charge in [0, 0.05) is 30.6 Å². The number of rotatable bonds is 4. The molecule has 2 heterocycles. The molecule has 0 spiro atoms. The van der Waals surface area contributed by atoms with Crippen molar-refractivity contribution in [3.8, 4) is 0 Å². The zero-order valence-electron chi connectivity index (χ0n) is 10.8. The van der Waals surface area contributed by atoms with Crippen molar-refractivity contribution in [2.45, 2.75) is 26.3 Å². The molecule has 0 aliphatic carbocycles. The number of halogens is 1. The number of hydrogen-bond acceptors (Lipinski definition) is 5. The van der Waals surface area contributed by atoms with Crippen molar-refractivity contribution in [2.75, 3.05) is 34.8 Å². The highest BCUT2D eigenvalue weighted by atomic mass is 32.2. The molecule has 1 fully saturated rings.